The van der Waals surface area contributed by atoms with Crippen molar-refractivity contribution in [3.8, 4) is 61.3 Å². The predicted molar refractivity (Wildman–Crippen MR) is 399 cm³/mol. The first-order valence-electron chi connectivity index (χ1n) is 32.9. The minimum atomic E-state index is 0.159. The number of hydrogen-bond acceptors (Lipinski definition) is 4. The van der Waals surface area contributed by atoms with E-state index in [2.05, 4.69) is 342 Å². The van der Waals surface area contributed by atoms with E-state index in [0.29, 0.717) is 0 Å². The minimum Gasteiger partial charge on any atom is -0.455 e. The van der Waals surface area contributed by atoms with Gasteiger partial charge in [0, 0.05) is 89.2 Å². The lowest BCUT2D eigenvalue weighted by molar-refractivity contribution is 0.669. The van der Waals surface area contributed by atoms with E-state index in [1.807, 2.05) is 24.3 Å². The van der Waals surface area contributed by atoms with E-state index in [1.54, 1.807) is 0 Å². The van der Waals surface area contributed by atoms with Crippen molar-refractivity contribution >= 4 is 99.8 Å². The predicted octanol–water partition coefficient (Wildman–Crippen LogP) is 25.4. The molecule has 0 saturated heterocycles. The van der Waals surface area contributed by atoms with Crippen LogP contribution in [0.4, 0.5) is 34.1 Å². The van der Waals surface area contributed by atoms with Crippen molar-refractivity contribution in [3.63, 3.8) is 0 Å². The quantitative estimate of drug-likeness (QED) is 0.122. The van der Waals surface area contributed by atoms with Crippen LogP contribution in [0.15, 0.2) is 361 Å². The maximum atomic E-state index is 6.52. The van der Waals surface area contributed by atoms with Crippen LogP contribution in [0.2, 0.25) is 0 Å². The summed E-state index contributed by atoms with van der Waals surface area (Å²) in [7, 11) is 0. The fourth-order valence-corrected chi connectivity index (χ4v) is 15.2. The highest BCUT2D eigenvalue weighted by molar-refractivity contribution is 6.12. The van der Waals surface area contributed by atoms with Crippen LogP contribution < -0.4 is 9.80 Å². The average Bonchev–Trinajstić information content (AvgIpc) is 1.60. The Bertz CT molecular complexity index is 5880. The zero-order valence-electron chi connectivity index (χ0n) is 52.2. The fraction of sp³-hybridized carbons (Fsp3) is 0.0110. The summed E-state index contributed by atoms with van der Waals surface area (Å²) in [5.41, 5.74) is 28.9. The summed E-state index contributed by atoms with van der Waals surface area (Å²) in [6, 6.07) is 128. The van der Waals surface area contributed by atoms with Gasteiger partial charge in [0.15, 0.2) is 0 Å². The third kappa shape index (κ3) is 9.15. The maximum absolute atomic E-state index is 6.52. The van der Waals surface area contributed by atoms with Gasteiger partial charge in [-0.25, -0.2) is 0 Å². The van der Waals surface area contributed by atoms with Crippen molar-refractivity contribution in [2.75, 3.05) is 9.80 Å². The van der Waals surface area contributed by atoms with Crippen LogP contribution in [0.5, 0.6) is 0 Å². The Morgan fingerprint density at radius 1 is 0.229 bits per heavy atom. The zero-order chi connectivity index (χ0) is 63.2. The molecule has 0 spiro atoms. The van der Waals surface area contributed by atoms with E-state index < -0.39 is 0 Å². The number of fused-ring (bicyclic) bond motifs is 12. The number of rotatable bonds is 12. The molecule has 1 aliphatic carbocycles. The highest BCUT2D eigenvalue weighted by atomic mass is 16.3. The van der Waals surface area contributed by atoms with Gasteiger partial charge in [0.25, 0.3) is 0 Å². The number of benzene rings is 15. The smallest absolute Gasteiger partial charge is 0.143 e. The Kier molecular flexibility index (Phi) is 12.9. The van der Waals surface area contributed by atoms with Crippen LogP contribution >= 0.6 is 0 Å². The average molecular weight is 1230 g/mol. The molecule has 5 heteroatoms. The number of anilines is 6. The van der Waals surface area contributed by atoms with E-state index in [1.165, 1.54) is 49.6 Å². The molecule has 15 aromatic carbocycles. The highest BCUT2D eigenvalue weighted by Crippen LogP contribution is 2.49. The first-order chi connectivity index (χ1) is 47.6. The Morgan fingerprint density at radius 2 is 0.531 bits per heavy atom. The van der Waals surface area contributed by atoms with Crippen LogP contribution in [0.3, 0.4) is 0 Å². The summed E-state index contributed by atoms with van der Waals surface area (Å²) in [6.07, 6.45) is 0. The van der Waals surface area contributed by atoms with Crippen LogP contribution in [0, 0.1) is 0 Å². The topological polar surface area (TPSA) is 37.7 Å². The van der Waals surface area contributed by atoms with Crippen LogP contribution in [-0.2, 0) is 0 Å². The van der Waals surface area contributed by atoms with E-state index >= 15 is 0 Å². The summed E-state index contributed by atoms with van der Waals surface area (Å²) in [5.74, 6) is 0.159. The second kappa shape index (κ2) is 22.6. The Balaban J connectivity index is 0.657. The van der Waals surface area contributed by atoms with Gasteiger partial charge in [-0.05, 0) is 170 Å². The summed E-state index contributed by atoms with van der Waals surface area (Å²) in [5, 5.41) is 6.99. The standard InChI is InChI=1S/C91H59N3O2/c1-3-21-81-75(15-1)76-16-2-4-22-82(76)89(81)65-43-53-70(54-44-65)93(71-55-57-72(58-56-71)94-85-27-9-5-17-77(85)78-18-6-10-28-86(78)94)68-49-39-62(40-50-68)61-37-47-67(48-38-61)92(69-51-41-64(42-52-69)74-24-14-26-84-80-20-8-12-30-88(80)96-91(74)84)66-45-35-60(36-46-66)59-31-33-63(34-32-59)73-23-13-25-83-79-19-7-11-29-87(79)95-90(73)83/h1-58,89H. The molecule has 19 rings (SSSR count). The molecule has 96 heavy (non-hydrogen) atoms. The molecule has 0 unspecified atom stereocenters. The second-order valence-electron chi connectivity index (χ2n) is 25.1. The highest BCUT2D eigenvalue weighted by Gasteiger charge is 2.30. The first kappa shape index (κ1) is 55.0. The first-order valence-corrected chi connectivity index (χ1v) is 32.9. The molecule has 0 atom stereocenters. The van der Waals surface area contributed by atoms with E-state index in [0.717, 1.165) is 128 Å². The molecule has 1 aliphatic rings. The zero-order valence-corrected chi connectivity index (χ0v) is 52.2. The van der Waals surface area contributed by atoms with Gasteiger partial charge < -0.3 is 23.2 Å². The number of aromatic nitrogens is 1. The van der Waals surface area contributed by atoms with Crippen molar-refractivity contribution in [3.05, 3.63) is 369 Å². The number of para-hydroxylation sites is 6. The van der Waals surface area contributed by atoms with Crippen molar-refractivity contribution in [2.24, 2.45) is 0 Å². The largest absolute Gasteiger partial charge is 0.455 e. The Labute approximate surface area is 555 Å². The molecule has 0 saturated carbocycles. The van der Waals surface area contributed by atoms with Gasteiger partial charge in [0.05, 0.1) is 11.0 Å². The van der Waals surface area contributed by atoms with Crippen molar-refractivity contribution < 1.29 is 8.83 Å². The molecule has 450 valence electrons. The minimum absolute atomic E-state index is 0.159. The summed E-state index contributed by atoms with van der Waals surface area (Å²) >= 11 is 0. The van der Waals surface area contributed by atoms with E-state index in [9.17, 15) is 0 Å². The van der Waals surface area contributed by atoms with Gasteiger partial charge >= 0.3 is 0 Å². The van der Waals surface area contributed by atoms with E-state index in [4.69, 9.17) is 8.83 Å². The van der Waals surface area contributed by atoms with Gasteiger partial charge in [-0.2, -0.15) is 0 Å². The lowest BCUT2D eigenvalue weighted by Crippen LogP contribution is -2.10. The molecule has 5 nitrogen and oxygen atoms in total. The second-order valence-corrected chi connectivity index (χ2v) is 25.1. The Hall–Kier alpha value is -12.7. The van der Waals surface area contributed by atoms with Crippen molar-refractivity contribution in [1.29, 1.82) is 0 Å². The van der Waals surface area contributed by atoms with Gasteiger partial charge in [-0.3, -0.25) is 0 Å². The molecule has 0 radical (unpaired) electrons. The molecule has 3 aromatic heterocycles. The van der Waals surface area contributed by atoms with Crippen LogP contribution in [0.1, 0.15) is 22.6 Å². The van der Waals surface area contributed by atoms with Crippen molar-refractivity contribution in [2.45, 2.75) is 5.92 Å². The molecule has 0 aliphatic heterocycles. The maximum Gasteiger partial charge on any atom is 0.143 e. The van der Waals surface area contributed by atoms with Crippen LogP contribution in [0.25, 0.3) is 127 Å². The van der Waals surface area contributed by atoms with Crippen LogP contribution in [-0.4, -0.2) is 4.57 Å². The van der Waals surface area contributed by atoms with Gasteiger partial charge in [-0.15, -0.1) is 0 Å². The molecule has 3 heterocycles. The SMILES string of the molecule is c1ccc2c(c1)-c1ccccc1C2c1ccc(N(c2ccc(-c3ccc(N(c4ccc(-c5ccc(-c6cccc7c6oc6ccccc67)cc5)cc4)c4ccc(-c5cccc6c5oc5ccccc56)cc4)cc3)cc2)c2ccc(-n3c4ccccc4c4ccccc43)cc2)cc1. The number of furan rings is 2. The lowest BCUT2D eigenvalue weighted by atomic mass is 9.89. The molecule has 0 fully saturated rings. The van der Waals surface area contributed by atoms with Gasteiger partial charge in [-0.1, -0.05) is 243 Å². The molecule has 0 amide bonds. The number of nitrogens with zero attached hydrogens (tertiary/aromatic N) is 3. The lowest BCUT2D eigenvalue weighted by Gasteiger charge is -2.27. The number of hydrogen-bond donors (Lipinski definition) is 0. The summed E-state index contributed by atoms with van der Waals surface area (Å²) < 4.78 is 15.3. The third-order valence-electron chi connectivity index (χ3n) is 19.7. The molecule has 18 aromatic rings. The van der Waals surface area contributed by atoms with E-state index in [-0.39, 0.29) is 5.92 Å². The fourth-order valence-electron chi connectivity index (χ4n) is 15.2. The molecule has 0 bridgehead atoms. The molecular weight excluding hydrogens is 1170 g/mol. The van der Waals surface area contributed by atoms with Crippen molar-refractivity contribution in [1.82, 2.24) is 4.57 Å². The van der Waals surface area contributed by atoms with Gasteiger partial charge in [0.2, 0.25) is 0 Å². The summed E-state index contributed by atoms with van der Waals surface area (Å²) in [6.45, 7) is 0. The Morgan fingerprint density at radius 3 is 0.958 bits per heavy atom. The third-order valence-corrected chi connectivity index (χ3v) is 19.7. The normalized spacial score (nSPS) is 12.1. The van der Waals surface area contributed by atoms with Gasteiger partial charge in [0.1, 0.15) is 22.3 Å². The summed E-state index contributed by atoms with van der Waals surface area (Å²) in [4.78, 5) is 4.73. The molecular formula is C91H59N3O2. The monoisotopic (exact) mass is 1230 g/mol. The molecule has 0 N–H and O–H groups in total.